The highest BCUT2D eigenvalue weighted by Crippen LogP contribution is 2.38. The van der Waals surface area contributed by atoms with Crippen LogP contribution in [0.25, 0.3) is 0 Å². The summed E-state index contributed by atoms with van der Waals surface area (Å²) < 4.78 is 0. The zero-order valence-electron chi connectivity index (χ0n) is 8.69. The van der Waals surface area contributed by atoms with Gasteiger partial charge in [-0.1, -0.05) is 11.6 Å². The molecule has 1 heterocycles. The van der Waals surface area contributed by atoms with Crippen molar-refractivity contribution in [1.82, 2.24) is 9.97 Å². The number of aryl methyl sites for hydroxylation is 2. The largest absolute Gasteiger partial charge is 0.362 e. The van der Waals surface area contributed by atoms with E-state index in [0.717, 1.165) is 17.2 Å². The number of nitrogens with zero attached hydrogens (tertiary/aromatic N) is 2. The molecule has 0 aliphatic heterocycles. The SMILES string of the molecule is Cc1nc(Cl)c(NC2(C)CC2)nc1C. The van der Waals surface area contributed by atoms with Gasteiger partial charge >= 0.3 is 0 Å². The maximum Gasteiger partial charge on any atom is 0.171 e. The van der Waals surface area contributed by atoms with E-state index in [1.54, 1.807) is 0 Å². The van der Waals surface area contributed by atoms with Crippen LogP contribution < -0.4 is 5.32 Å². The maximum atomic E-state index is 6.00. The Labute approximate surface area is 88.9 Å². The molecule has 0 amide bonds. The van der Waals surface area contributed by atoms with E-state index in [1.807, 2.05) is 13.8 Å². The Morgan fingerprint density at radius 3 is 2.36 bits per heavy atom. The third kappa shape index (κ3) is 1.82. The minimum absolute atomic E-state index is 0.194. The summed E-state index contributed by atoms with van der Waals surface area (Å²) in [5.74, 6) is 0.717. The first kappa shape index (κ1) is 9.71. The molecule has 4 heteroatoms. The van der Waals surface area contributed by atoms with Gasteiger partial charge in [0.1, 0.15) is 0 Å². The van der Waals surface area contributed by atoms with Crippen molar-refractivity contribution in [3.63, 3.8) is 0 Å². The molecule has 14 heavy (non-hydrogen) atoms. The third-order valence-corrected chi connectivity index (χ3v) is 2.95. The molecular formula is C10H14ClN3. The van der Waals surface area contributed by atoms with E-state index < -0.39 is 0 Å². The normalized spacial score (nSPS) is 18.0. The monoisotopic (exact) mass is 211 g/mol. The van der Waals surface area contributed by atoms with Crippen molar-refractivity contribution < 1.29 is 0 Å². The second-order valence-corrected chi connectivity index (χ2v) is 4.58. The molecule has 0 spiro atoms. The first-order chi connectivity index (χ1) is 6.50. The average molecular weight is 212 g/mol. The molecule has 1 aromatic heterocycles. The van der Waals surface area contributed by atoms with Crippen LogP contribution in [0.2, 0.25) is 5.15 Å². The summed E-state index contributed by atoms with van der Waals surface area (Å²) in [6.45, 7) is 6.02. The molecule has 1 fully saturated rings. The Balaban J connectivity index is 2.29. The molecule has 1 N–H and O–H groups in total. The lowest BCUT2D eigenvalue weighted by molar-refractivity contribution is 0.815. The molecule has 3 nitrogen and oxygen atoms in total. The van der Waals surface area contributed by atoms with E-state index in [4.69, 9.17) is 11.6 Å². The van der Waals surface area contributed by atoms with Crippen molar-refractivity contribution in [2.24, 2.45) is 0 Å². The fourth-order valence-electron chi connectivity index (χ4n) is 1.25. The predicted molar refractivity (Wildman–Crippen MR) is 57.8 cm³/mol. The van der Waals surface area contributed by atoms with Crippen molar-refractivity contribution in [3.8, 4) is 0 Å². The zero-order valence-corrected chi connectivity index (χ0v) is 9.44. The van der Waals surface area contributed by atoms with Gasteiger partial charge in [-0.2, -0.15) is 0 Å². The van der Waals surface area contributed by atoms with E-state index in [-0.39, 0.29) is 5.54 Å². The first-order valence-corrected chi connectivity index (χ1v) is 5.17. The molecule has 0 bridgehead atoms. The predicted octanol–water partition coefficient (Wildman–Crippen LogP) is 2.71. The van der Waals surface area contributed by atoms with E-state index >= 15 is 0 Å². The summed E-state index contributed by atoms with van der Waals surface area (Å²) >= 11 is 6.00. The molecule has 1 saturated carbocycles. The van der Waals surface area contributed by atoms with E-state index in [2.05, 4.69) is 22.2 Å². The minimum Gasteiger partial charge on any atom is -0.362 e. The van der Waals surface area contributed by atoms with Gasteiger partial charge in [0.2, 0.25) is 0 Å². The lowest BCUT2D eigenvalue weighted by Gasteiger charge is -2.14. The van der Waals surface area contributed by atoms with Crippen LogP contribution in [0.1, 0.15) is 31.2 Å². The van der Waals surface area contributed by atoms with Crippen LogP contribution in [0.5, 0.6) is 0 Å². The number of aromatic nitrogens is 2. The molecule has 0 radical (unpaired) electrons. The fraction of sp³-hybridized carbons (Fsp3) is 0.600. The summed E-state index contributed by atoms with van der Waals surface area (Å²) in [5, 5.41) is 3.80. The van der Waals surface area contributed by atoms with Gasteiger partial charge in [0.25, 0.3) is 0 Å². The van der Waals surface area contributed by atoms with Gasteiger partial charge in [0.05, 0.1) is 11.4 Å². The number of halogens is 1. The van der Waals surface area contributed by atoms with Crippen molar-refractivity contribution in [1.29, 1.82) is 0 Å². The Morgan fingerprint density at radius 2 is 1.79 bits per heavy atom. The van der Waals surface area contributed by atoms with Crippen molar-refractivity contribution in [3.05, 3.63) is 16.5 Å². The second-order valence-electron chi connectivity index (χ2n) is 4.22. The summed E-state index contributed by atoms with van der Waals surface area (Å²) in [4.78, 5) is 8.62. The highest BCUT2D eigenvalue weighted by Gasteiger charge is 2.38. The Hall–Kier alpha value is -0.830. The lowest BCUT2D eigenvalue weighted by atomic mass is 10.3. The summed E-state index contributed by atoms with van der Waals surface area (Å²) in [6.07, 6.45) is 2.36. The van der Waals surface area contributed by atoms with E-state index in [9.17, 15) is 0 Å². The highest BCUT2D eigenvalue weighted by molar-refractivity contribution is 6.31. The molecule has 0 unspecified atom stereocenters. The number of nitrogens with one attached hydrogen (secondary N) is 1. The number of hydrogen-bond donors (Lipinski definition) is 1. The smallest absolute Gasteiger partial charge is 0.171 e. The fourth-order valence-corrected chi connectivity index (χ4v) is 1.47. The van der Waals surface area contributed by atoms with Gasteiger partial charge in [0, 0.05) is 5.54 Å². The van der Waals surface area contributed by atoms with Crippen molar-refractivity contribution >= 4 is 17.4 Å². The molecule has 0 aromatic carbocycles. The number of rotatable bonds is 2. The average Bonchev–Trinajstić information content (AvgIpc) is 2.80. The first-order valence-electron chi connectivity index (χ1n) is 4.79. The standard InChI is InChI=1S/C10H14ClN3/c1-6-7(2)13-9(8(11)12-6)14-10(3)4-5-10/h4-5H2,1-3H3,(H,13,14). The molecular weight excluding hydrogens is 198 g/mol. The topological polar surface area (TPSA) is 37.8 Å². The van der Waals surface area contributed by atoms with Gasteiger partial charge in [-0.3, -0.25) is 0 Å². The van der Waals surface area contributed by atoms with E-state index in [1.165, 1.54) is 12.8 Å². The van der Waals surface area contributed by atoms with Crippen LogP contribution in [0.15, 0.2) is 0 Å². The van der Waals surface area contributed by atoms with Gasteiger partial charge < -0.3 is 5.32 Å². The van der Waals surface area contributed by atoms with Crippen LogP contribution in [0, 0.1) is 13.8 Å². The van der Waals surface area contributed by atoms with Crippen LogP contribution in [-0.4, -0.2) is 15.5 Å². The minimum atomic E-state index is 0.194. The maximum absolute atomic E-state index is 6.00. The Morgan fingerprint density at radius 1 is 1.21 bits per heavy atom. The van der Waals surface area contributed by atoms with Crippen LogP contribution in [0.3, 0.4) is 0 Å². The van der Waals surface area contributed by atoms with Crippen LogP contribution in [-0.2, 0) is 0 Å². The number of hydrogen-bond acceptors (Lipinski definition) is 3. The molecule has 2 rings (SSSR count). The summed E-state index contributed by atoms with van der Waals surface area (Å²) in [6, 6.07) is 0. The third-order valence-electron chi connectivity index (χ3n) is 2.68. The summed E-state index contributed by atoms with van der Waals surface area (Å²) in [5.41, 5.74) is 2.02. The van der Waals surface area contributed by atoms with E-state index in [0.29, 0.717) is 5.15 Å². The second kappa shape index (κ2) is 3.09. The van der Waals surface area contributed by atoms with Gasteiger partial charge in [-0.25, -0.2) is 9.97 Å². The molecule has 0 atom stereocenters. The molecule has 1 aromatic rings. The molecule has 76 valence electrons. The van der Waals surface area contributed by atoms with Gasteiger partial charge in [-0.05, 0) is 33.6 Å². The zero-order chi connectivity index (χ0) is 10.3. The van der Waals surface area contributed by atoms with Gasteiger partial charge in [-0.15, -0.1) is 0 Å². The summed E-state index contributed by atoms with van der Waals surface area (Å²) in [7, 11) is 0. The molecule has 1 aliphatic rings. The molecule has 0 saturated heterocycles. The van der Waals surface area contributed by atoms with Crippen LogP contribution in [0.4, 0.5) is 5.82 Å². The van der Waals surface area contributed by atoms with Crippen molar-refractivity contribution in [2.45, 2.75) is 39.2 Å². The quantitative estimate of drug-likeness (QED) is 0.818. The Kier molecular flexibility index (Phi) is 2.14. The molecule has 1 aliphatic carbocycles. The van der Waals surface area contributed by atoms with Crippen LogP contribution >= 0.6 is 11.6 Å². The van der Waals surface area contributed by atoms with Gasteiger partial charge in [0.15, 0.2) is 11.0 Å². The number of anilines is 1. The lowest BCUT2D eigenvalue weighted by Crippen LogP contribution is -2.18. The Bertz CT molecular complexity index is 372. The van der Waals surface area contributed by atoms with Crippen molar-refractivity contribution in [2.75, 3.05) is 5.32 Å². The highest BCUT2D eigenvalue weighted by atomic mass is 35.5.